The number of nitrogens with two attached hydrogens (primary N) is 1. The van der Waals surface area contributed by atoms with Crippen LogP contribution in [0.5, 0.6) is 0 Å². The van der Waals surface area contributed by atoms with Gasteiger partial charge in [0.25, 0.3) is 5.84 Å². The molecule has 0 aliphatic carbocycles. The molecule has 1 heterocycles. The molecule has 116 valence electrons. The molecule has 1 aliphatic heterocycles. The first kappa shape index (κ1) is 17.0. The van der Waals surface area contributed by atoms with E-state index in [1.165, 1.54) is 0 Å². The van der Waals surface area contributed by atoms with Gasteiger partial charge in [-0.05, 0) is 0 Å². The van der Waals surface area contributed by atoms with E-state index >= 15 is 0 Å². The summed E-state index contributed by atoms with van der Waals surface area (Å²) < 4.78 is 19.4. The Labute approximate surface area is 113 Å². The summed E-state index contributed by atoms with van der Waals surface area (Å²) in [6.45, 7) is -0.767. The highest BCUT2D eigenvalue weighted by Crippen LogP contribution is 2.27. The van der Waals surface area contributed by atoms with E-state index in [0.717, 1.165) is 0 Å². The van der Waals surface area contributed by atoms with E-state index in [1.807, 2.05) is 0 Å². The minimum atomic E-state index is -5.20. The number of nitrogens with one attached hydrogen (secondary N) is 2. The van der Waals surface area contributed by atoms with Crippen molar-refractivity contribution in [3.8, 4) is 0 Å². The number of rotatable bonds is 7. The lowest BCUT2D eigenvalue weighted by Crippen LogP contribution is -2.85. The van der Waals surface area contributed by atoms with E-state index in [1.54, 1.807) is 0 Å². The third-order valence-corrected chi connectivity index (χ3v) is 2.93. The van der Waals surface area contributed by atoms with E-state index in [2.05, 4.69) is 14.8 Å². The van der Waals surface area contributed by atoms with Crippen LogP contribution in [-0.2, 0) is 18.6 Å². The molecular formula is C8H15N3O8P-. The highest BCUT2D eigenvalue weighted by Gasteiger charge is 2.44. The fourth-order valence-electron chi connectivity index (χ4n) is 1.56. The van der Waals surface area contributed by atoms with Crippen LogP contribution < -0.4 is 25.8 Å². The van der Waals surface area contributed by atoms with Gasteiger partial charge in [0.2, 0.25) is 12.6 Å². The second-order valence-electron chi connectivity index (χ2n) is 3.99. The molecule has 0 aromatic heterocycles. The molecule has 0 bridgehead atoms. The van der Waals surface area contributed by atoms with Crippen molar-refractivity contribution in [2.45, 2.75) is 24.5 Å². The first-order valence-electron chi connectivity index (χ1n) is 5.47. The zero-order valence-electron chi connectivity index (χ0n) is 10.2. The number of amidine groups is 1. The van der Waals surface area contributed by atoms with Crippen molar-refractivity contribution in [1.82, 2.24) is 5.32 Å². The van der Waals surface area contributed by atoms with Crippen LogP contribution in [0.2, 0.25) is 0 Å². The van der Waals surface area contributed by atoms with Crippen LogP contribution in [0.4, 0.5) is 0 Å². The van der Waals surface area contributed by atoms with Crippen molar-refractivity contribution >= 4 is 20.1 Å². The van der Waals surface area contributed by atoms with Gasteiger partial charge in [-0.2, -0.15) is 0 Å². The average molecular weight is 312 g/mol. The molecule has 6 N–H and O–H groups in total. The zero-order chi connectivity index (χ0) is 15.3. The second kappa shape index (κ2) is 7.09. The molecule has 0 saturated carbocycles. The Balaban J connectivity index is 2.59. The van der Waals surface area contributed by atoms with Crippen LogP contribution in [-0.4, -0.2) is 60.2 Å². The molecule has 1 fully saturated rings. The smallest absolute Gasteiger partial charge is 0.262 e. The second-order valence-corrected chi connectivity index (χ2v) is 5.14. The summed E-state index contributed by atoms with van der Waals surface area (Å²) in [6, 6.07) is 0. The topological polar surface area (TPSA) is 191 Å². The van der Waals surface area contributed by atoms with Crippen molar-refractivity contribution < 1.29 is 43.6 Å². The Morgan fingerprint density at radius 1 is 1.50 bits per heavy atom. The van der Waals surface area contributed by atoms with Crippen LogP contribution >= 0.6 is 7.82 Å². The first-order chi connectivity index (χ1) is 9.24. The van der Waals surface area contributed by atoms with Crippen LogP contribution in [0.1, 0.15) is 0 Å². The molecule has 1 rings (SSSR count). The van der Waals surface area contributed by atoms with Gasteiger partial charge in [0, 0.05) is 0 Å². The van der Waals surface area contributed by atoms with Gasteiger partial charge in [-0.25, -0.2) is 4.99 Å². The fraction of sp³-hybridized carbons (Fsp3) is 0.750. The van der Waals surface area contributed by atoms with Gasteiger partial charge in [-0.1, -0.05) is 0 Å². The molecule has 4 atom stereocenters. The van der Waals surface area contributed by atoms with Crippen molar-refractivity contribution in [2.75, 3.05) is 13.2 Å². The minimum Gasteiger partial charge on any atom is -0.790 e. The van der Waals surface area contributed by atoms with Crippen LogP contribution in [0.3, 0.4) is 0 Å². The predicted molar refractivity (Wildman–Crippen MR) is 58.5 cm³/mol. The van der Waals surface area contributed by atoms with Crippen LogP contribution in [0.15, 0.2) is 0 Å². The molecule has 1 saturated heterocycles. The van der Waals surface area contributed by atoms with E-state index in [0.29, 0.717) is 6.41 Å². The summed E-state index contributed by atoms with van der Waals surface area (Å²) in [6.07, 6.45) is -4.83. The Morgan fingerprint density at radius 3 is 2.70 bits per heavy atom. The molecule has 11 nitrogen and oxygen atoms in total. The molecule has 20 heavy (non-hydrogen) atoms. The lowest BCUT2D eigenvalue weighted by Gasteiger charge is -2.30. The number of carbonyl (C=O) groups is 1. The lowest BCUT2D eigenvalue weighted by molar-refractivity contribution is -0.569. The largest absolute Gasteiger partial charge is 0.790 e. The molecule has 1 aliphatic rings. The number of amides is 1. The number of phosphoric acid groups is 1. The molecule has 1 unspecified atom stereocenters. The van der Waals surface area contributed by atoms with E-state index < -0.39 is 39.0 Å². The van der Waals surface area contributed by atoms with E-state index in [-0.39, 0.29) is 12.4 Å². The van der Waals surface area contributed by atoms with Crippen LogP contribution in [0.25, 0.3) is 0 Å². The van der Waals surface area contributed by atoms with Gasteiger partial charge >= 0.3 is 0 Å². The molecule has 0 spiro atoms. The number of ether oxygens (including phenoxy) is 1. The number of aliphatic hydroxyl groups is 2. The van der Waals surface area contributed by atoms with Gasteiger partial charge < -0.3 is 39.1 Å². The monoisotopic (exact) mass is 312 g/mol. The molecule has 0 aromatic carbocycles. The van der Waals surface area contributed by atoms with Gasteiger partial charge in [0.05, 0.1) is 14.4 Å². The SMILES string of the molecule is N/C(CNC=O)=[NH+]\C1O[C@H](COP(=O)([O-])[O-])[C@@H](O)[C@H]1O. The summed E-state index contributed by atoms with van der Waals surface area (Å²) in [5, 5.41) is 21.5. The lowest BCUT2D eigenvalue weighted by atomic mass is 10.1. The molecular weight excluding hydrogens is 297 g/mol. The Hall–Kier alpha value is -1.07. The Bertz CT molecular complexity index is 413. The maximum atomic E-state index is 10.3. The third kappa shape index (κ3) is 5.13. The summed E-state index contributed by atoms with van der Waals surface area (Å²) in [4.78, 5) is 33.2. The van der Waals surface area contributed by atoms with Gasteiger partial charge in [-0.3, -0.25) is 10.5 Å². The Kier molecular flexibility index (Phi) is 6.02. The van der Waals surface area contributed by atoms with E-state index in [4.69, 9.17) is 10.5 Å². The number of phosphoric ester groups is 1. The molecule has 0 aromatic rings. The van der Waals surface area contributed by atoms with Crippen molar-refractivity contribution in [3.05, 3.63) is 0 Å². The van der Waals surface area contributed by atoms with Crippen molar-refractivity contribution in [2.24, 2.45) is 5.73 Å². The number of carbonyl (C=O) groups excluding carboxylic acids is 1. The average Bonchev–Trinajstić information content (AvgIpc) is 2.61. The quantitative estimate of drug-likeness (QED) is 0.131. The van der Waals surface area contributed by atoms with Gasteiger partial charge in [0.15, 0.2) is 0 Å². The standard InChI is InChI=1S/C8H16N3O8P/c9-5(1-10-3-12)11-8-7(14)6(13)4(19-8)2-18-20(15,16)17/h3-4,6-8,13-14H,1-2H2,(H2,9,11)(H,10,12)(H2,15,16,17)/p-1/t4-,6-,7-,8?/m1/s1. The Morgan fingerprint density at radius 2 is 2.15 bits per heavy atom. The van der Waals surface area contributed by atoms with Gasteiger partial charge in [-0.15, -0.1) is 0 Å². The fourth-order valence-corrected chi connectivity index (χ4v) is 1.89. The number of aliphatic hydroxyl groups excluding tert-OH is 2. The van der Waals surface area contributed by atoms with Crippen molar-refractivity contribution in [1.29, 1.82) is 0 Å². The maximum absolute atomic E-state index is 10.3. The van der Waals surface area contributed by atoms with Crippen molar-refractivity contribution in [3.63, 3.8) is 0 Å². The highest BCUT2D eigenvalue weighted by molar-refractivity contribution is 7.43. The summed E-state index contributed by atoms with van der Waals surface area (Å²) >= 11 is 0. The third-order valence-electron chi connectivity index (χ3n) is 2.46. The first-order valence-corrected chi connectivity index (χ1v) is 6.93. The summed E-state index contributed by atoms with van der Waals surface area (Å²) in [7, 11) is -5.20. The summed E-state index contributed by atoms with van der Waals surface area (Å²) in [5.74, 6) is 0.0493. The summed E-state index contributed by atoms with van der Waals surface area (Å²) in [5.41, 5.74) is 5.47. The van der Waals surface area contributed by atoms with E-state index in [9.17, 15) is 29.4 Å². The normalized spacial score (nSPS) is 31.3. The number of hydrogen-bond donors (Lipinski definition) is 5. The number of hydrogen-bond acceptors (Lipinski definition) is 8. The molecule has 1 amide bonds. The minimum absolute atomic E-state index is 0.0380. The van der Waals surface area contributed by atoms with Crippen LogP contribution in [0, 0.1) is 0 Å². The highest BCUT2D eigenvalue weighted by atomic mass is 31.2. The zero-order valence-corrected chi connectivity index (χ0v) is 11.1. The molecule has 0 radical (unpaired) electrons. The maximum Gasteiger partial charge on any atom is 0.262 e. The molecule has 12 heteroatoms. The predicted octanol–water partition coefficient (Wildman–Crippen LogP) is -6.54. The van der Waals surface area contributed by atoms with Gasteiger partial charge in [0.1, 0.15) is 24.9 Å².